The second-order valence-corrected chi connectivity index (χ2v) is 9.15. The van der Waals surface area contributed by atoms with Crippen molar-refractivity contribution in [1.29, 1.82) is 0 Å². The molecule has 0 spiro atoms. The van der Waals surface area contributed by atoms with Crippen molar-refractivity contribution in [3.8, 4) is 0 Å². The molecule has 1 aliphatic carbocycles. The molecule has 31 heavy (non-hydrogen) atoms. The van der Waals surface area contributed by atoms with Crippen LogP contribution in [0.5, 0.6) is 0 Å². The highest BCUT2D eigenvalue weighted by Crippen LogP contribution is 2.33. The van der Waals surface area contributed by atoms with Crippen LogP contribution in [0.15, 0.2) is 90.2 Å². The van der Waals surface area contributed by atoms with Gasteiger partial charge in [0, 0.05) is 11.7 Å². The molecule has 1 heterocycles. The smallest absolute Gasteiger partial charge is 0.247 e. The van der Waals surface area contributed by atoms with Crippen molar-refractivity contribution in [2.24, 2.45) is 0 Å². The van der Waals surface area contributed by atoms with Crippen LogP contribution < -0.4 is 5.32 Å². The number of carbonyl (C=O) groups is 1. The Labute approximate surface area is 183 Å². The first-order valence-corrected chi connectivity index (χ1v) is 11.4. The van der Waals surface area contributed by atoms with E-state index in [4.69, 9.17) is 9.47 Å². The molecule has 1 unspecified atom stereocenters. The van der Waals surface area contributed by atoms with E-state index in [1.807, 2.05) is 32.1 Å². The first-order chi connectivity index (χ1) is 14.8. The van der Waals surface area contributed by atoms with Crippen LogP contribution in [0, 0.1) is 0 Å². The number of sulfonamides is 1. The Morgan fingerprint density at radius 3 is 2.52 bits per heavy atom. The van der Waals surface area contributed by atoms with Gasteiger partial charge in [-0.15, -0.1) is 0 Å². The number of ether oxygens (including phenoxy) is 2. The molecule has 2 aliphatic rings. The van der Waals surface area contributed by atoms with Crippen molar-refractivity contribution in [2.75, 3.05) is 5.32 Å². The lowest BCUT2D eigenvalue weighted by molar-refractivity contribution is -0.111. The van der Waals surface area contributed by atoms with E-state index in [-0.39, 0.29) is 16.8 Å². The third-order valence-corrected chi connectivity index (χ3v) is 6.89. The summed E-state index contributed by atoms with van der Waals surface area (Å²) < 4.78 is 39.8. The Balaban J connectivity index is 2.02. The van der Waals surface area contributed by atoms with Crippen LogP contribution >= 0.6 is 0 Å². The van der Waals surface area contributed by atoms with Crippen LogP contribution in [0.3, 0.4) is 0 Å². The van der Waals surface area contributed by atoms with E-state index in [0.29, 0.717) is 17.9 Å². The number of nitrogens with one attached hydrogen (secondary N) is 1. The zero-order chi connectivity index (χ0) is 22.4. The second-order valence-electron chi connectivity index (χ2n) is 7.30. The number of hydrogen-bond acceptors (Lipinski definition) is 5. The fraction of sp³-hybridized carbons (Fsp3) is 0.261. The minimum Gasteiger partial charge on any atom is -0.466 e. The fourth-order valence-corrected chi connectivity index (χ4v) is 5.26. The van der Waals surface area contributed by atoms with Crippen molar-refractivity contribution >= 4 is 21.6 Å². The minimum absolute atomic E-state index is 0.114. The van der Waals surface area contributed by atoms with Gasteiger partial charge in [0.2, 0.25) is 15.9 Å². The molecule has 1 amide bonds. The van der Waals surface area contributed by atoms with E-state index in [1.54, 1.807) is 12.1 Å². The molecule has 1 aliphatic heterocycles. The Morgan fingerprint density at radius 1 is 1.23 bits per heavy atom. The number of benzene rings is 1. The van der Waals surface area contributed by atoms with Gasteiger partial charge in [-0.3, -0.25) is 4.79 Å². The molecule has 1 aromatic carbocycles. The van der Waals surface area contributed by atoms with Crippen molar-refractivity contribution < 1.29 is 22.7 Å². The summed E-state index contributed by atoms with van der Waals surface area (Å²) in [6.45, 7) is 7.05. The zero-order valence-electron chi connectivity index (χ0n) is 17.5. The quantitative estimate of drug-likeness (QED) is 0.610. The van der Waals surface area contributed by atoms with Crippen LogP contribution in [-0.2, 0) is 24.3 Å². The Kier molecular flexibility index (Phi) is 7.14. The zero-order valence-corrected chi connectivity index (χ0v) is 18.3. The standard InChI is InChI=1S/C23H26N2O5S/c1-4-22(26)24-19-10-12-20(13-11-19)31(27,28)25(17(2)3)23(18-8-6-5-7-9-18)21-16-29-14-15-30-21/h4-6,8,10-17,23H,1,7,9H2,2-3H3,(H,24,26). The number of anilines is 1. The summed E-state index contributed by atoms with van der Waals surface area (Å²) in [7, 11) is -3.91. The highest BCUT2D eigenvalue weighted by molar-refractivity contribution is 7.89. The van der Waals surface area contributed by atoms with E-state index in [9.17, 15) is 13.2 Å². The monoisotopic (exact) mass is 442 g/mol. The normalized spacial score (nSPS) is 16.8. The van der Waals surface area contributed by atoms with Crippen LogP contribution in [0.2, 0.25) is 0 Å². The molecule has 1 aromatic rings. The molecule has 8 heteroatoms. The lowest BCUT2D eigenvalue weighted by Gasteiger charge is -2.36. The molecule has 0 fully saturated rings. The van der Waals surface area contributed by atoms with Crippen LogP contribution in [0.4, 0.5) is 5.69 Å². The molecule has 164 valence electrons. The highest BCUT2D eigenvalue weighted by Gasteiger charge is 2.39. The summed E-state index contributed by atoms with van der Waals surface area (Å²) in [6.07, 6.45) is 12.8. The minimum atomic E-state index is -3.91. The average molecular weight is 443 g/mol. The summed E-state index contributed by atoms with van der Waals surface area (Å²) >= 11 is 0. The van der Waals surface area contributed by atoms with Crippen molar-refractivity contribution in [2.45, 2.75) is 43.7 Å². The molecule has 7 nitrogen and oxygen atoms in total. The van der Waals surface area contributed by atoms with Gasteiger partial charge < -0.3 is 14.8 Å². The summed E-state index contributed by atoms with van der Waals surface area (Å²) in [6, 6.07) is 5.03. The lowest BCUT2D eigenvalue weighted by atomic mass is 9.96. The number of amides is 1. The molecule has 0 bridgehead atoms. The average Bonchev–Trinajstić information content (AvgIpc) is 2.78. The maximum atomic E-state index is 13.7. The second kappa shape index (κ2) is 9.80. The number of carbonyl (C=O) groups excluding carboxylic acids is 1. The topological polar surface area (TPSA) is 84.9 Å². The van der Waals surface area contributed by atoms with Crippen LogP contribution in [0.1, 0.15) is 26.7 Å². The lowest BCUT2D eigenvalue weighted by Crippen LogP contribution is -2.47. The molecule has 1 atom stereocenters. The Morgan fingerprint density at radius 2 is 1.97 bits per heavy atom. The van der Waals surface area contributed by atoms with Gasteiger partial charge in [0.1, 0.15) is 24.8 Å². The van der Waals surface area contributed by atoms with Crippen LogP contribution in [-0.4, -0.2) is 30.7 Å². The third kappa shape index (κ3) is 5.15. The van der Waals surface area contributed by atoms with E-state index in [0.717, 1.165) is 18.1 Å². The molecule has 0 saturated carbocycles. The number of allylic oxidation sites excluding steroid dienone is 3. The molecule has 0 saturated heterocycles. The molecular weight excluding hydrogens is 416 g/mol. The summed E-state index contributed by atoms with van der Waals surface area (Å²) in [5.41, 5.74) is 1.40. The van der Waals surface area contributed by atoms with Gasteiger partial charge in [0.15, 0.2) is 5.76 Å². The van der Waals surface area contributed by atoms with Crippen molar-refractivity contribution in [3.05, 3.63) is 85.3 Å². The molecule has 1 N–H and O–H groups in total. The van der Waals surface area contributed by atoms with E-state index >= 15 is 0 Å². The van der Waals surface area contributed by atoms with E-state index in [2.05, 4.69) is 11.9 Å². The van der Waals surface area contributed by atoms with E-state index in [1.165, 1.54) is 35.2 Å². The van der Waals surface area contributed by atoms with Gasteiger partial charge in [-0.25, -0.2) is 8.42 Å². The predicted molar refractivity (Wildman–Crippen MR) is 119 cm³/mol. The first kappa shape index (κ1) is 22.6. The van der Waals surface area contributed by atoms with E-state index < -0.39 is 16.1 Å². The van der Waals surface area contributed by atoms with Gasteiger partial charge in [0.05, 0.1) is 4.90 Å². The van der Waals surface area contributed by atoms with Gasteiger partial charge in [-0.2, -0.15) is 4.31 Å². The Bertz CT molecular complexity index is 1050. The highest BCUT2D eigenvalue weighted by atomic mass is 32.2. The maximum Gasteiger partial charge on any atom is 0.247 e. The van der Waals surface area contributed by atoms with Gasteiger partial charge >= 0.3 is 0 Å². The number of hydrogen-bond donors (Lipinski definition) is 1. The van der Waals surface area contributed by atoms with Gasteiger partial charge in [-0.05, 0) is 62.6 Å². The summed E-state index contributed by atoms with van der Waals surface area (Å²) in [4.78, 5) is 11.6. The summed E-state index contributed by atoms with van der Waals surface area (Å²) in [5, 5.41) is 2.61. The first-order valence-electron chi connectivity index (χ1n) is 9.94. The van der Waals surface area contributed by atoms with Crippen molar-refractivity contribution in [1.82, 2.24) is 4.31 Å². The number of rotatable bonds is 8. The summed E-state index contributed by atoms with van der Waals surface area (Å²) in [5.74, 6) is 0.0300. The molecule has 0 radical (unpaired) electrons. The predicted octanol–water partition coefficient (Wildman–Crippen LogP) is 4.21. The fourth-order valence-electron chi connectivity index (χ4n) is 3.46. The largest absolute Gasteiger partial charge is 0.466 e. The number of nitrogens with zero attached hydrogens (tertiary/aromatic N) is 1. The van der Waals surface area contributed by atoms with Gasteiger partial charge in [0.25, 0.3) is 0 Å². The van der Waals surface area contributed by atoms with Crippen molar-refractivity contribution in [3.63, 3.8) is 0 Å². The Hall–Kier alpha value is -3.10. The maximum absolute atomic E-state index is 13.7. The van der Waals surface area contributed by atoms with Gasteiger partial charge in [-0.1, -0.05) is 24.8 Å². The molecule has 0 aromatic heterocycles. The molecular formula is C23H26N2O5S. The third-order valence-electron chi connectivity index (χ3n) is 4.84. The van der Waals surface area contributed by atoms with Crippen LogP contribution in [0.25, 0.3) is 0 Å². The SMILES string of the molecule is C=CC(=O)Nc1ccc(S(=O)(=O)N(C(C)C)C(C2=CC=CCC2)C2=COC=CO2)cc1. The molecule has 3 rings (SSSR count).